The number of hydrogen-bond donors (Lipinski definition) is 9. The summed E-state index contributed by atoms with van der Waals surface area (Å²) in [6, 6.07) is -5.52. The number of guanidine groups is 1. The lowest BCUT2D eigenvalue weighted by Crippen LogP contribution is -2.60. The maximum Gasteiger partial charge on any atom is 0.326 e. The summed E-state index contributed by atoms with van der Waals surface area (Å²) in [5.41, 5.74) is 11.0. The van der Waals surface area contributed by atoms with Gasteiger partial charge in [-0.15, -0.1) is 0 Å². The molecule has 0 unspecified atom stereocenters. The molecular weight excluding hydrogens is 512 g/mol. The van der Waals surface area contributed by atoms with Gasteiger partial charge >= 0.3 is 5.97 Å². The first-order chi connectivity index (χ1) is 18.2. The van der Waals surface area contributed by atoms with Crippen LogP contribution in [0.5, 0.6) is 0 Å². The third kappa shape index (κ3) is 10.3. The van der Waals surface area contributed by atoms with Crippen LogP contribution in [0.2, 0.25) is 0 Å². The van der Waals surface area contributed by atoms with Crippen molar-refractivity contribution in [1.29, 1.82) is 5.41 Å². The monoisotopic (exact) mass is 556 g/mol. The molecule has 1 saturated heterocycles. The zero-order valence-corrected chi connectivity index (χ0v) is 23.0. The number of carbonyl (C=O) groups excluding carboxylic acids is 4. The van der Waals surface area contributed by atoms with E-state index in [1.54, 1.807) is 13.8 Å². The summed E-state index contributed by atoms with van der Waals surface area (Å²) in [5.74, 6) is -4.56. The van der Waals surface area contributed by atoms with E-state index in [1.807, 2.05) is 0 Å². The Kier molecular flexibility index (Phi) is 13.6. The Morgan fingerprint density at radius 2 is 1.67 bits per heavy atom. The van der Waals surface area contributed by atoms with E-state index in [4.69, 9.17) is 16.9 Å². The Balaban J connectivity index is 3.07. The van der Waals surface area contributed by atoms with Crippen LogP contribution in [-0.4, -0.2) is 100 Å². The van der Waals surface area contributed by atoms with Crippen molar-refractivity contribution in [3.05, 3.63) is 0 Å². The number of carbonyl (C=O) groups is 5. The number of aliphatic carboxylic acids is 1. The van der Waals surface area contributed by atoms with Gasteiger partial charge in [0.2, 0.25) is 23.6 Å². The van der Waals surface area contributed by atoms with Crippen molar-refractivity contribution in [3.63, 3.8) is 0 Å². The van der Waals surface area contributed by atoms with Gasteiger partial charge in [0.25, 0.3) is 0 Å². The zero-order valence-electron chi connectivity index (χ0n) is 23.0. The lowest BCUT2D eigenvalue weighted by atomic mass is 9.98. The summed E-state index contributed by atoms with van der Waals surface area (Å²) < 4.78 is 0. The standard InChI is InChI=1S/C24H44N8O7/c1-5-12(2)17(23(38)39)30-21(36)18(14(4)33)31-19(34)15(8-6-10-28-24(26)27)29-20(35)16-9-7-11-32(16)22(37)13(3)25/h12-18,33H,5-11,25H2,1-4H3,(H,29,35)(H,30,36)(H,31,34)(H,38,39)(H4,26,27,28)/t12-,13-,14+,15-,16-,17-,18-/m0/s1. The topological polar surface area (TPSA) is 253 Å². The molecule has 15 nitrogen and oxygen atoms in total. The fourth-order valence-electron chi connectivity index (χ4n) is 4.22. The van der Waals surface area contributed by atoms with Crippen molar-refractivity contribution in [2.75, 3.05) is 13.1 Å². The molecule has 1 fully saturated rings. The summed E-state index contributed by atoms with van der Waals surface area (Å²) in [5, 5.41) is 37.0. The molecule has 0 aromatic rings. The van der Waals surface area contributed by atoms with Crippen molar-refractivity contribution in [2.45, 2.75) is 96.1 Å². The molecule has 7 atom stereocenters. The third-order valence-corrected chi connectivity index (χ3v) is 6.69. The van der Waals surface area contributed by atoms with E-state index < -0.39 is 65.9 Å². The Morgan fingerprint density at radius 3 is 2.18 bits per heavy atom. The Bertz CT molecular complexity index is 898. The van der Waals surface area contributed by atoms with E-state index in [1.165, 1.54) is 18.7 Å². The van der Waals surface area contributed by atoms with Gasteiger partial charge in [0, 0.05) is 13.1 Å². The number of nitrogens with zero attached hydrogens (tertiary/aromatic N) is 1. The lowest BCUT2D eigenvalue weighted by Gasteiger charge is -2.29. The second kappa shape index (κ2) is 15.8. The average molecular weight is 557 g/mol. The number of amides is 4. The molecule has 1 rings (SSSR count). The molecule has 0 radical (unpaired) electrons. The number of aliphatic hydroxyl groups excluding tert-OH is 1. The van der Waals surface area contributed by atoms with Gasteiger partial charge in [-0.05, 0) is 45.4 Å². The van der Waals surface area contributed by atoms with Gasteiger partial charge in [0.1, 0.15) is 24.2 Å². The minimum atomic E-state index is -1.50. The molecule has 15 heteroatoms. The first-order valence-corrected chi connectivity index (χ1v) is 13.2. The fourth-order valence-corrected chi connectivity index (χ4v) is 4.22. The quantitative estimate of drug-likeness (QED) is 0.0584. The van der Waals surface area contributed by atoms with Crippen molar-refractivity contribution in [3.8, 4) is 0 Å². The summed E-state index contributed by atoms with van der Waals surface area (Å²) in [7, 11) is 0. The lowest BCUT2D eigenvalue weighted by molar-refractivity contribution is -0.144. The van der Waals surface area contributed by atoms with Crippen LogP contribution in [0.4, 0.5) is 0 Å². The number of carboxylic acids is 1. The normalized spacial score (nSPS) is 19.5. The van der Waals surface area contributed by atoms with Crippen LogP contribution in [0.15, 0.2) is 0 Å². The van der Waals surface area contributed by atoms with E-state index in [2.05, 4.69) is 21.3 Å². The predicted octanol–water partition coefficient (Wildman–Crippen LogP) is -2.45. The number of carboxylic acid groups (broad SMARTS) is 1. The van der Waals surface area contributed by atoms with E-state index in [0.29, 0.717) is 32.2 Å². The predicted molar refractivity (Wildman–Crippen MR) is 142 cm³/mol. The van der Waals surface area contributed by atoms with Crippen LogP contribution >= 0.6 is 0 Å². The molecule has 0 aromatic heterocycles. The molecule has 0 saturated carbocycles. The van der Waals surface area contributed by atoms with Gasteiger partial charge in [0.05, 0.1) is 12.1 Å². The fraction of sp³-hybridized carbons (Fsp3) is 0.750. The number of aliphatic hydroxyl groups is 1. The van der Waals surface area contributed by atoms with Gasteiger partial charge in [0.15, 0.2) is 5.96 Å². The molecule has 222 valence electrons. The third-order valence-electron chi connectivity index (χ3n) is 6.69. The van der Waals surface area contributed by atoms with Gasteiger partial charge < -0.3 is 47.8 Å². The first-order valence-electron chi connectivity index (χ1n) is 13.2. The van der Waals surface area contributed by atoms with Gasteiger partial charge in [-0.3, -0.25) is 24.6 Å². The largest absolute Gasteiger partial charge is 0.480 e. The van der Waals surface area contributed by atoms with Crippen molar-refractivity contribution < 1.29 is 34.2 Å². The molecule has 0 aliphatic carbocycles. The van der Waals surface area contributed by atoms with Crippen LogP contribution in [0.1, 0.15) is 59.8 Å². The highest BCUT2D eigenvalue weighted by Gasteiger charge is 2.38. The highest BCUT2D eigenvalue weighted by molar-refractivity contribution is 5.95. The van der Waals surface area contributed by atoms with E-state index in [-0.39, 0.29) is 24.8 Å². The molecule has 1 aliphatic rings. The molecule has 1 aliphatic heterocycles. The summed E-state index contributed by atoms with van der Waals surface area (Å²) >= 11 is 0. The molecule has 1 heterocycles. The summed E-state index contributed by atoms with van der Waals surface area (Å²) in [4.78, 5) is 64.7. The van der Waals surface area contributed by atoms with E-state index in [9.17, 15) is 34.2 Å². The van der Waals surface area contributed by atoms with Crippen LogP contribution < -0.4 is 32.7 Å². The number of nitrogens with two attached hydrogens (primary N) is 2. The minimum absolute atomic E-state index is 0.0740. The maximum absolute atomic E-state index is 13.3. The second-order valence-corrected chi connectivity index (χ2v) is 9.96. The maximum atomic E-state index is 13.3. The molecule has 4 amide bonds. The highest BCUT2D eigenvalue weighted by atomic mass is 16.4. The second-order valence-electron chi connectivity index (χ2n) is 9.96. The molecule has 0 aromatic carbocycles. The van der Waals surface area contributed by atoms with Gasteiger partial charge in [-0.2, -0.15) is 0 Å². The Hall–Kier alpha value is -3.46. The Morgan fingerprint density at radius 1 is 1.05 bits per heavy atom. The molecule has 0 spiro atoms. The Labute approximate surface area is 228 Å². The minimum Gasteiger partial charge on any atom is -0.480 e. The van der Waals surface area contributed by atoms with Crippen LogP contribution in [0, 0.1) is 11.3 Å². The SMILES string of the molecule is CC[C@H](C)[C@H](NC(=O)[C@@H](NC(=O)[C@H](CCCNC(=N)N)NC(=O)[C@@H]1CCCN1C(=O)[C@H](C)N)[C@@H](C)O)C(=O)O. The molecule has 0 bridgehead atoms. The van der Waals surface area contributed by atoms with Crippen molar-refractivity contribution in [1.82, 2.24) is 26.2 Å². The van der Waals surface area contributed by atoms with E-state index >= 15 is 0 Å². The number of rotatable bonds is 15. The summed E-state index contributed by atoms with van der Waals surface area (Å²) in [6.45, 7) is 6.78. The van der Waals surface area contributed by atoms with Crippen molar-refractivity contribution >= 4 is 35.6 Å². The molecule has 39 heavy (non-hydrogen) atoms. The van der Waals surface area contributed by atoms with Gasteiger partial charge in [-0.25, -0.2) is 4.79 Å². The summed E-state index contributed by atoms with van der Waals surface area (Å²) in [6.07, 6.45) is 0.423. The van der Waals surface area contributed by atoms with Crippen LogP contribution in [-0.2, 0) is 24.0 Å². The van der Waals surface area contributed by atoms with E-state index in [0.717, 1.165) is 0 Å². The molecular formula is C24H44N8O7. The van der Waals surface area contributed by atoms with Gasteiger partial charge in [-0.1, -0.05) is 20.3 Å². The smallest absolute Gasteiger partial charge is 0.326 e. The number of hydrogen-bond acceptors (Lipinski definition) is 8. The van der Waals surface area contributed by atoms with Crippen LogP contribution in [0.25, 0.3) is 0 Å². The number of nitrogens with one attached hydrogen (secondary N) is 5. The molecule has 11 N–H and O–H groups in total. The van der Waals surface area contributed by atoms with Crippen LogP contribution in [0.3, 0.4) is 0 Å². The first kappa shape index (κ1) is 33.6. The highest BCUT2D eigenvalue weighted by Crippen LogP contribution is 2.19. The number of likely N-dealkylation sites (tertiary alicyclic amines) is 1. The zero-order chi connectivity index (χ0) is 29.9. The average Bonchev–Trinajstić information content (AvgIpc) is 3.35. The van der Waals surface area contributed by atoms with Crippen molar-refractivity contribution in [2.24, 2.45) is 17.4 Å².